The second-order valence-corrected chi connectivity index (χ2v) is 8.61. The van der Waals surface area contributed by atoms with Crippen molar-refractivity contribution >= 4 is 23.4 Å². The Morgan fingerprint density at radius 2 is 2.00 bits per heavy atom. The minimum absolute atomic E-state index is 0.0176. The molecule has 1 saturated heterocycles. The number of carbonyl (C=O) groups is 2. The lowest BCUT2D eigenvalue weighted by Crippen LogP contribution is -2.48. The van der Waals surface area contributed by atoms with Gasteiger partial charge in [-0.15, -0.1) is 0 Å². The fourth-order valence-corrected chi connectivity index (χ4v) is 4.19. The van der Waals surface area contributed by atoms with E-state index in [0.717, 1.165) is 5.56 Å². The molecule has 0 spiro atoms. The lowest BCUT2D eigenvalue weighted by Gasteiger charge is -2.31. The van der Waals surface area contributed by atoms with E-state index in [9.17, 15) is 9.59 Å². The van der Waals surface area contributed by atoms with Crippen molar-refractivity contribution in [3.8, 4) is 0 Å². The van der Waals surface area contributed by atoms with Crippen molar-refractivity contribution in [2.24, 2.45) is 0 Å². The van der Waals surface area contributed by atoms with Crippen molar-refractivity contribution in [2.45, 2.75) is 45.3 Å². The lowest BCUT2D eigenvalue weighted by molar-refractivity contribution is -0.134. The normalized spacial score (nSPS) is 20.2. The zero-order valence-electron chi connectivity index (χ0n) is 17.8. The summed E-state index contributed by atoms with van der Waals surface area (Å²) < 4.78 is 0. The molecule has 0 radical (unpaired) electrons. The highest BCUT2D eigenvalue weighted by molar-refractivity contribution is 6.30. The Kier molecular flexibility index (Phi) is 6.30. The Balaban J connectivity index is 1.30. The maximum Gasteiger partial charge on any atom is 0.250 e. The van der Waals surface area contributed by atoms with E-state index in [0.29, 0.717) is 24.5 Å². The number of rotatable bonds is 6. The minimum atomic E-state index is -0.258. The Morgan fingerprint density at radius 3 is 2.77 bits per heavy atom. The molecular weight excluding hydrogens is 412 g/mol. The van der Waals surface area contributed by atoms with Crippen molar-refractivity contribution in [3.05, 3.63) is 82.1 Å². The first-order valence-electron chi connectivity index (χ1n) is 10.5. The number of hydrazine groups is 1. The van der Waals surface area contributed by atoms with E-state index in [1.165, 1.54) is 16.7 Å². The summed E-state index contributed by atoms with van der Waals surface area (Å²) in [6, 6.07) is 13.7. The SMILES string of the molecule is Cc1ccc(C2CC3C(=O)N(CCC(=O)NCc4cccc(Cl)c4)C=CN3N2)cc1C. The molecular formula is C24H27ClN4O2. The number of benzene rings is 2. The summed E-state index contributed by atoms with van der Waals surface area (Å²) in [5, 5.41) is 5.41. The quantitative estimate of drug-likeness (QED) is 0.723. The molecule has 2 aromatic rings. The van der Waals surface area contributed by atoms with Gasteiger partial charge >= 0.3 is 0 Å². The van der Waals surface area contributed by atoms with Crippen LogP contribution in [0, 0.1) is 13.8 Å². The van der Waals surface area contributed by atoms with E-state index in [2.05, 4.69) is 42.8 Å². The van der Waals surface area contributed by atoms with E-state index in [-0.39, 0.29) is 30.3 Å². The molecule has 2 atom stereocenters. The highest BCUT2D eigenvalue weighted by Crippen LogP contribution is 2.31. The summed E-state index contributed by atoms with van der Waals surface area (Å²) in [4.78, 5) is 26.9. The maximum atomic E-state index is 13.0. The van der Waals surface area contributed by atoms with Gasteiger partial charge in [-0.1, -0.05) is 41.9 Å². The van der Waals surface area contributed by atoms with Gasteiger partial charge in [-0.05, 0) is 54.7 Å². The Bertz CT molecular complexity index is 1020. The molecule has 2 unspecified atom stereocenters. The van der Waals surface area contributed by atoms with Gasteiger partial charge in [0.2, 0.25) is 5.91 Å². The van der Waals surface area contributed by atoms with Crippen LogP contribution < -0.4 is 10.7 Å². The van der Waals surface area contributed by atoms with Gasteiger partial charge in [-0.3, -0.25) is 9.59 Å². The molecule has 6 nitrogen and oxygen atoms in total. The average Bonchev–Trinajstić information content (AvgIpc) is 3.19. The van der Waals surface area contributed by atoms with Crippen LogP contribution in [0.5, 0.6) is 0 Å². The van der Waals surface area contributed by atoms with Gasteiger partial charge in [0.05, 0.1) is 6.04 Å². The Hall–Kier alpha value is -2.83. The third-order valence-corrected chi connectivity index (χ3v) is 6.20. The first kappa shape index (κ1) is 21.4. The summed E-state index contributed by atoms with van der Waals surface area (Å²) in [5.74, 6) is -0.0786. The number of fused-ring (bicyclic) bond motifs is 1. The highest BCUT2D eigenvalue weighted by atomic mass is 35.5. The molecule has 31 heavy (non-hydrogen) atoms. The second kappa shape index (κ2) is 9.12. The number of carbonyl (C=O) groups excluding carboxylic acids is 2. The van der Waals surface area contributed by atoms with Gasteiger partial charge in [-0.25, -0.2) is 5.43 Å². The lowest BCUT2D eigenvalue weighted by atomic mass is 9.97. The molecule has 162 valence electrons. The van der Waals surface area contributed by atoms with Crippen LogP contribution in [0.3, 0.4) is 0 Å². The van der Waals surface area contributed by atoms with Crippen molar-refractivity contribution in [2.75, 3.05) is 6.54 Å². The predicted molar refractivity (Wildman–Crippen MR) is 121 cm³/mol. The van der Waals surface area contributed by atoms with Gasteiger partial charge in [0.1, 0.15) is 6.04 Å². The third-order valence-electron chi connectivity index (χ3n) is 5.97. The largest absolute Gasteiger partial charge is 0.352 e. The van der Waals surface area contributed by atoms with E-state index >= 15 is 0 Å². The highest BCUT2D eigenvalue weighted by Gasteiger charge is 2.39. The van der Waals surface area contributed by atoms with Crippen LogP contribution in [0.2, 0.25) is 5.02 Å². The molecule has 0 bridgehead atoms. The fraction of sp³-hybridized carbons (Fsp3) is 0.333. The first-order valence-corrected chi connectivity index (χ1v) is 10.9. The van der Waals surface area contributed by atoms with Gasteiger partial charge < -0.3 is 15.2 Å². The molecule has 4 rings (SSSR count). The zero-order chi connectivity index (χ0) is 22.0. The molecule has 2 heterocycles. The van der Waals surface area contributed by atoms with Crippen LogP contribution in [0.4, 0.5) is 0 Å². The molecule has 0 aliphatic carbocycles. The van der Waals surface area contributed by atoms with E-state index in [4.69, 9.17) is 11.6 Å². The van der Waals surface area contributed by atoms with Gasteiger partial charge in [0.25, 0.3) is 5.91 Å². The van der Waals surface area contributed by atoms with Gasteiger partial charge in [0.15, 0.2) is 0 Å². The molecule has 7 heteroatoms. The summed E-state index contributed by atoms with van der Waals surface area (Å²) >= 11 is 5.97. The number of nitrogens with one attached hydrogen (secondary N) is 2. The van der Waals surface area contributed by atoms with Crippen LogP contribution in [0.1, 0.15) is 41.1 Å². The zero-order valence-corrected chi connectivity index (χ0v) is 18.5. The fourth-order valence-electron chi connectivity index (χ4n) is 3.98. The number of nitrogens with zero attached hydrogens (tertiary/aromatic N) is 2. The Morgan fingerprint density at radius 1 is 1.16 bits per heavy atom. The minimum Gasteiger partial charge on any atom is -0.352 e. The third kappa shape index (κ3) is 4.92. The summed E-state index contributed by atoms with van der Waals surface area (Å²) in [6.07, 6.45) is 4.58. The van der Waals surface area contributed by atoms with Crippen molar-refractivity contribution in [1.29, 1.82) is 0 Å². The number of aryl methyl sites for hydroxylation is 2. The van der Waals surface area contributed by atoms with E-state index in [1.54, 1.807) is 17.2 Å². The standard InChI is InChI=1S/C24H27ClN4O2/c1-16-6-7-19(12-17(16)2)21-14-22-24(31)28(10-11-29(22)27-21)9-8-23(30)26-15-18-4-3-5-20(25)13-18/h3-7,10-13,21-22,27H,8-9,14-15H2,1-2H3,(H,26,30). The van der Waals surface area contributed by atoms with Crippen molar-refractivity contribution in [3.63, 3.8) is 0 Å². The Labute approximate surface area is 187 Å². The summed E-state index contributed by atoms with van der Waals surface area (Å²) in [5.41, 5.74) is 8.06. The second-order valence-electron chi connectivity index (χ2n) is 8.17. The monoisotopic (exact) mass is 438 g/mol. The van der Waals surface area contributed by atoms with Crippen molar-refractivity contribution < 1.29 is 9.59 Å². The molecule has 2 amide bonds. The van der Waals surface area contributed by atoms with E-state index < -0.39 is 0 Å². The topological polar surface area (TPSA) is 64.7 Å². The average molecular weight is 439 g/mol. The van der Waals surface area contributed by atoms with Crippen LogP contribution in [-0.2, 0) is 16.1 Å². The molecule has 0 aromatic heterocycles. The molecule has 2 aromatic carbocycles. The predicted octanol–water partition coefficient (Wildman–Crippen LogP) is 3.60. The van der Waals surface area contributed by atoms with Crippen LogP contribution >= 0.6 is 11.6 Å². The molecule has 1 fully saturated rings. The van der Waals surface area contributed by atoms with Gasteiger partial charge in [-0.2, -0.15) is 0 Å². The van der Waals surface area contributed by atoms with Crippen LogP contribution in [0.25, 0.3) is 0 Å². The molecule has 2 aliphatic heterocycles. The molecule has 0 saturated carbocycles. The van der Waals surface area contributed by atoms with E-state index in [1.807, 2.05) is 29.4 Å². The van der Waals surface area contributed by atoms with Crippen LogP contribution in [-0.4, -0.2) is 34.3 Å². The summed E-state index contributed by atoms with van der Waals surface area (Å²) in [6.45, 7) is 4.97. The molecule has 2 N–H and O–H groups in total. The molecule has 2 aliphatic rings. The summed E-state index contributed by atoms with van der Waals surface area (Å²) in [7, 11) is 0. The van der Waals surface area contributed by atoms with Gasteiger partial charge in [0, 0.05) is 36.9 Å². The number of amides is 2. The number of hydrogen-bond acceptors (Lipinski definition) is 4. The number of hydrogen-bond donors (Lipinski definition) is 2. The first-order chi connectivity index (χ1) is 14.9. The maximum absolute atomic E-state index is 13.0. The van der Waals surface area contributed by atoms with Crippen LogP contribution in [0.15, 0.2) is 54.9 Å². The van der Waals surface area contributed by atoms with Crippen molar-refractivity contribution in [1.82, 2.24) is 20.7 Å². The number of halogens is 1. The smallest absolute Gasteiger partial charge is 0.250 e.